The largest absolute Gasteiger partial charge is 0.366 e. The van der Waals surface area contributed by atoms with Gasteiger partial charge in [-0.05, 0) is 30.3 Å². The zero-order chi connectivity index (χ0) is 19.4. The molecule has 0 aliphatic carbocycles. The first-order valence-corrected chi connectivity index (χ1v) is 9.63. The summed E-state index contributed by atoms with van der Waals surface area (Å²) in [6, 6.07) is 12.4. The second kappa shape index (κ2) is 8.63. The van der Waals surface area contributed by atoms with Crippen LogP contribution in [0.1, 0.15) is 23.7 Å². The van der Waals surface area contributed by atoms with E-state index in [4.69, 9.17) is 23.2 Å². The normalized spacial score (nSPS) is 14.2. The second-order valence-electron chi connectivity index (χ2n) is 6.32. The average Bonchev–Trinajstić information content (AvgIpc) is 2.69. The summed E-state index contributed by atoms with van der Waals surface area (Å²) in [4.78, 5) is 28.6. The third-order valence-corrected chi connectivity index (χ3v) is 5.17. The molecule has 2 amide bonds. The minimum Gasteiger partial charge on any atom is -0.366 e. The molecule has 0 aromatic heterocycles. The fourth-order valence-electron chi connectivity index (χ4n) is 3.14. The van der Waals surface area contributed by atoms with Gasteiger partial charge >= 0.3 is 0 Å². The summed E-state index contributed by atoms with van der Waals surface area (Å²) < 4.78 is 0. The minimum absolute atomic E-state index is 0.173. The molecule has 7 heteroatoms. The lowest BCUT2D eigenvalue weighted by Crippen LogP contribution is -2.48. The highest BCUT2D eigenvalue weighted by molar-refractivity contribution is 6.36. The summed E-state index contributed by atoms with van der Waals surface area (Å²) in [7, 11) is 0. The van der Waals surface area contributed by atoms with Gasteiger partial charge in [0.15, 0.2) is 0 Å². The molecule has 0 spiro atoms. The first kappa shape index (κ1) is 19.5. The van der Waals surface area contributed by atoms with Crippen LogP contribution in [-0.2, 0) is 4.79 Å². The van der Waals surface area contributed by atoms with Gasteiger partial charge in [-0.3, -0.25) is 9.59 Å². The molecular formula is C20H21Cl2N3O2. The van der Waals surface area contributed by atoms with Crippen molar-refractivity contribution in [2.24, 2.45) is 0 Å². The highest BCUT2D eigenvalue weighted by Gasteiger charge is 2.22. The molecule has 1 N–H and O–H groups in total. The van der Waals surface area contributed by atoms with Gasteiger partial charge in [0.2, 0.25) is 5.91 Å². The molecule has 0 bridgehead atoms. The van der Waals surface area contributed by atoms with Crippen LogP contribution in [0.25, 0.3) is 0 Å². The number of rotatable bonds is 4. The Kier molecular flexibility index (Phi) is 6.24. The van der Waals surface area contributed by atoms with Crippen LogP contribution in [0.4, 0.5) is 11.4 Å². The fraction of sp³-hybridized carbons (Fsp3) is 0.300. The van der Waals surface area contributed by atoms with Crippen molar-refractivity contribution in [3.8, 4) is 0 Å². The molecule has 2 aromatic carbocycles. The van der Waals surface area contributed by atoms with Gasteiger partial charge in [0.25, 0.3) is 5.91 Å². The Morgan fingerprint density at radius 1 is 1.04 bits per heavy atom. The van der Waals surface area contributed by atoms with E-state index in [2.05, 4.69) is 10.2 Å². The van der Waals surface area contributed by atoms with Crippen LogP contribution in [0, 0.1) is 0 Å². The predicted octanol–water partition coefficient (Wildman–Crippen LogP) is 4.30. The van der Waals surface area contributed by atoms with Gasteiger partial charge in [-0.2, -0.15) is 0 Å². The molecule has 1 heterocycles. The fourth-order valence-corrected chi connectivity index (χ4v) is 3.51. The number of nitrogens with one attached hydrogen (secondary N) is 1. The lowest BCUT2D eigenvalue weighted by atomic mass is 10.1. The molecule has 1 aliphatic heterocycles. The SMILES string of the molecule is CCC(=O)N1CCN(c2ccccc2NC(=O)c2cc(Cl)ccc2Cl)CC1. The van der Waals surface area contributed by atoms with E-state index in [9.17, 15) is 9.59 Å². The molecular weight excluding hydrogens is 385 g/mol. The van der Waals surface area contributed by atoms with Crippen LogP contribution >= 0.6 is 23.2 Å². The number of carbonyl (C=O) groups excluding carboxylic acids is 2. The van der Waals surface area contributed by atoms with E-state index in [1.165, 1.54) is 0 Å². The Balaban J connectivity index is 1.76. The number of anilines is 2. The third kappa shape index (κ3) is 4.54. The molecule has 0 saturated carbocycles. The van der Waals surface area contributed by atoms with E-state index < -0.39 is 0 Å². The summed E-state index contributed by atoms with van der Waals surface area (Å²) in [5.41, 5.74) is 1.96. The van der Waals surface area contributed by atoms with Crippen molar-refractivity contribution in [3.63, 3.8) is 0 Å². The Hall–Kier alpha value is -2.24. The van der Waals surface area contributed by atoms with E-state index in [0.29, 0.717) is 40.8 Å². The number of halogens is 2. The summed E-state index contributed by atoms with van der Waals surface area (Å²) in [5.74, 6) is -0.137. The molecule has 0 radical (unpaired) electrons. The molecule has 0 atom stereocenters. The average molecular weight is 406 g/mol. The molecule has 1 aliphatic rings. The Morgan fingerprint density at radius 3 is 2.44 bits per heavy atom. The van der Waals surface area contributed by atoms with Crippen molar-refractivity contribution < 1.29 is 9.59 Å². The zero-order valence-corrected chi connectivity index (χ0v) is 16.6. The van der Waals surface area contributed by atoms with Crippen LogP contribution in [0.2, 0.25) is 10.0 Å². The van der Waals surface area contributed by atoms with Gasteiger partial charge < -0.3 is 15.1 Å². The van der Waals surface area contributed by atoms with E-state index in [-0.39, 0.29) is 11.8 Å². The Labute approximate surface area is 168 Å². The molecule has 0 unspecified atom stereocenters. The quantitative estimate of drug-likeness (QED) is 0.824. The zero-order valence-electron chi connectivity index (χ0n) is 15.0. The number of carbonyl (C=O) groups is 2. The topological polar surface area (TPSA) is 52.7 Å². The molecule has 2 aromatic rings. The van der Waals surface area contributed by atoms with Crippen molar-refractivity contribution in [2.45, 2.75) is 13.3 Å². The lowest BCUT2D eigenvalue weighted by Gasteiger charge is -2.36. The first-order chi connectivity index (χ1) is 13.0. The monoisotopic (exact) mass is 405 g/mol. The van der Waals surface area contributed by atoms with Crippen LogP contribution in [0.15, 0.2) is 42.5 Å². The van der Waals surface area contributed by atoms with Crippen molar-refractivity contribution >= 4 is 46.4 Å². The summed E-state index contributed by atoms with van der Waals surface area (Å²) in [6.07, 6.45) is 0.521. The standard InChI is InChI=1S/C20H21Cl2N3O2/c1-2-19(26)25-11-9-24(10-12-25)18-6-4-3-5-17(18)23-20(27)15-13-14(21)7-8-16(15)22/h3-8,13H,2,9-12H2,1H3,(H,23,27). The maximum atomic E-state index is 12.7. The van der Waals surface area contributed by atoms with Crippen molar-refractivity contribution in [3.05, 3.63) is 58.1 Å². The minimum atomic E-state index is -0.310. The molecule has 142 valence electrons. The van der Waals surface area contributed by atoms with Crippen molar-refractivity contribution in [1.29, 1.82) is 0 Å². The molecule has 1 saturated heterocycles. The first-order valence-electron chi connectivity index (χ1n) is 8.87. The van der Waals surface area contributed by atoms with Gasteiger partial charge in [0.05, 0.1) is 22.0 Å². The maximum absolute atomic E-state index is 12.7. The Morgan fingerprint density at radius 2 is 1.74 bits per heavy atom. The van der Waals surface area contributed by atoms with Gasteiger partial charge in [-0.1, -0.05) is 42.3 Å². The third-order valence-electron chi connectivity index (χ3n) is 4.60. The van der Waals surface area contributed by atoms with Crippen molar-refractivity contribution in [1.82, 2.24) is 4.90 Å². The highest BCUT2D eigenvalue weighted by atomic mass is 35.5. The molecule has 1 fully saturated rings. The summed E-state index contributed by atoms with van der Waals surface area (Å²) in [5, 5.41) is 3.73. The summed E-state index contributed by atoms with van der Waals surface area (Å²) >= 11 is 12.1. The van der Waals surface area contributed by atoms with E-state index >= 15 is 0 Å². The predicted molar refractivity (Wildman–Crippen MR) is 110 cm³/mol. The van der Waals surface area contributed by atoms with Gasteiger partial charge in [-0.15, -0.1) is 0 Å². The van der Waals surface area contributed by atoms with Crippen LogP contribution in [0.5, 0.6) is 0 Å². The highest BCUT2D eigenvalue weighted by Crippen LogP contribution is 2.28. The van der Waals surface area contributed by atoms with Gasteiger partial charge in [-0.25, -0.2) is 0 Å². The van der Waals surface area contributed by atoms with E-state index in [1.54, 1.807) is 18.2 Å². The van der Waals surface area contributed by atoms with Gasteiger partial charge in [0, 0.05) is 37.6 Å². The van der Waals surface area contributed by atoms with E-state index in [0.717, 1.165) is 18.8 Å². The number of benzene rings is 2. The number of piperazine rings is 1. The molecule has 5 nitrogen and oxygen atoms in total. The number of para-hydroxylation sites is 2. The van der Waals surface area contributed by atoms with Crippen LogP contribution in [-0.4, -0.2) is 42.9 Å². The van der Waals surface area contributed by atoms with E-state index in [1.807, 2.05) is 36.1 Å². The van der Waals surface area contributed by atoms with Crippen molar-refractivity contribution in [2.75, 3.05) is 36.4 Å². The second-order valence-corrected chi connectivity index (χ2v) is 7.16. The maximum Gasteiger partial charge on any atom is 0.257 e. The smallest absolute Gasteiger partial charge is 0.257 e. The molecule has 3 rings (SSSR count). The number of nitrogens with zero attached hydrogens (tertiary/aromatic N) is 2. The Bertz CT molecular complexity index is 849. The summed E-state index contributed by atoms with van der Waals surface area (Å²) in [6.45, 7) is 4.66. The van der Waals surface area contributed by atoms with Crippen LogP contribution in [0.3, 0.4) is 0 Å². The van der Waals surface area contributed by atoms with Gasteiger partial charge in [0.1, 0.15) is 0 Å². The lowest BCUT2D eigenvalue weighted by molar-refractivity contribution is -0.131. The molecule has 27 heavy (non-hydrogen) atoms. The van der Waals surface area contributed by atoms with Crippen LogP contribution < -0.4 is 10.2 Å². The number of amides is 2. The number of hydrogen-bond acceptors (Lipinski definition) is 3. The number of hydrogen-bond donors (Lipinski definition) is 1.